The molecule has 20 heavy (non-hydrogen) atoms. The lowest BCUT2D eigenvalue weighted by Crippen LogP contribution is -2.41. The largest absolute Gasteiger partial charge is 0.492 e. The summed E-state index contributed by atoms with van der Waals surface area (Å²) in [7, 11) is 0. The molecular formula is C11H14F3NO4S. The number of piperidine rings is 1. The summed E-state index contributed by atoms with van der Waals surface area (Å²) in [5.41, 5.74) is 0.564. The highest BCUT2D eigenvalue weighted by Crippen LogP contribution is 2.29. The van der Waals surface area contributed by atoms with Gasteiger partial charge in [0.2, 0.25) is 0 Å². The van der Waals surface area contributed by atoms with Crippen LogP contribution in [0.25, 0.3) is 0 Å². The second kappa shape index (κ2) is 7.09. The number of nitrogens with zero attached hydrogens (tertiary/aromatic N) is 1. The maximum atomic E-state index is 12.1. The van der Waals surface area contributed by atoms with Gasteiger partial charge in [0.05, 0.1) is 13.2 Å². The Balaban J connectivity index is 2.67. The molecule has 0 spiro atoms. The van der Waals surface area contributed by atoms with Crippen molar-refractivity contribution in [1.82, 2.24) is 5.06 Å². The molecule has 1 aliphatic rings. The lowest BCUT2D eigenvalue weighted by molar-refractivity contribution is -0.238. The number of carbonyl (C=O) groups is 2. The third kappa shape index (κ3) is 5.14. The minimum absolute atomic E-state index is 0.0622. The highest BCUT2D eigenvalue weighted by Gasteiger charge is 2.43. The van der Waals surface area contributed by atoms with E-state index >= 15 is 0 Å². The number of hydrogen-bond donors (Lipinski definition) is 1. The summed E-state index contributed by atoms with van der Waals surface area (Å²) in [4.78, 5) is 26.1. The maximum Gasteiger partial charge on any atom is 0.492 e. The predicted molar refractivity (Wildman–Crippen MR) is 65.6 cm³/mol. The first-order chi connectivity index (χ1) is 9.24. The van der Waals surface area contributed by atoms with E-state index in [1.54, 1.807) is 0 Å². The highest BCUT2D eigenvalue weighted by molar-refractivity contribution is 8.14. The van der Waals surface area contributed by atoms with E-state index in [1.165, 1.54) is 13.0 Å². The third-order valence-electron chi connectivity index (χ3n) is 2.52. The van der Waals surface area contributed by atoms with Gasteiger partial charge in [-0.1, -0.05) is 17.8 Å². The molecule has 0 aliphatic carbocycles. The lowest BCUT2D eigenvalue weighted by Gasteiger charge is -2.32. The van der Waals surface area contributed by atoms with Crippen LogP contribution in [-0.4, -0.2) is 52.4 Å². The number of hydrogen-bond acceptors (Lipinski definition) is 6. The fourth-order valence-electron chi connectivity index (χ4n) is 1.73. The third-order valence-corrected chi connectivity index (χ3v) is 3.67. The van der Waals surface area contributed by atoms with Crippen molar-refractivity contribution in [2.75, 3.05) is 19.7 Å². The molecule has 9 heteroatoms. The van der Waals surface area contributed by atoms with Crippen molar-refractivity contribution in [2.45, 2.75) is 24.8 Å². The van der Waals surface area contributed by atoms with Crippen molar-refractivity contribution in [2.24, 2.45) is 0 Å². The number of halogens is 3. The highest BCUT2D eigenvalue weighted by atomic mass is 32.2. The summed E-state index contributed by atoms with van der Waals surface area (Å²) in [6.45, 7) is 1.12. The van der Waals surface area contributed by atoms with Crippen LogP contribution in [0.1, 0.15) is 13.3 Å². The summed E-state index contributed by atoms with van der Waals surface area (Å²) < 4.78 is 36.3. The van der Waals surface area contributed by atoms with Crippen molar-refractivity contribution in [3.8, 4) is 0 Å². The fraction of sp³-hybridized carbons (Fsp3) is 0.636. The number of carbonyl (C=O) groups excluding carboxylic acids is 2. The number of rotatable bonds is 3. The van der Waals surface area contributed by atoms with Crippen molar-refractivity contribution >= 4 is 22.8 Å². The van der Waals surface area contributed by atoms with E-state index in [0.717, 1.165) is 16.8 Å². The monoisotopic (exact) mass is 313 g/mol. The summed E-state index contributed by atoms with van der Waals surface area (Å²) in [6.07, 6.45) is -3.29. The molecule has 1 unspecified atom stereocenters. The standard InChI is InChI=1S/C11H14F3NO4S/c1-7(17)20-9-2-4-15(6-8(9)3-5-16)19-10(18)11(12,13)14/h3,9,16H,2,4-6H2,1H3/b8-3-. The molecule has 1 atom stereocenters. The quantitative estimate of drug-likeness (QED) is 0.792. The second-order valence-electron chi connectivity index (χ2n) is 4.09. The van der Waals surface area contributed by atoms with E-state index in [2.05, 4.69) is 4.84 Å². The van der Waals surface area contributed by atoms with Crippen LogP contribution >= 0.6 is 11.8 Å². The number of hydroxylamine groups is 2. The van der Waals surface area contributed by atoms with Gasteiger partial charge in [0.25, 0.3) is 0 Å². The van der Waals surface area contributed by atoms with Crippen molar-refractivity contribution < 1.29 is 32.7 Å². The van der Waals surface area contributed by atoms with Gasteiger partial charge in [-0.3, -0.25) is 4.79 Å². The Morgan fingerprint density at radius 2 is 2.20 bits per heavy atom. The predicted octanol–water partition coefficient (Wildman–Crippen LogP) is 1.28. The molecule has 0 saturated carbocycles. The molecule has 0 aromatic carbocycles. The van der Waals surface area contributed by atoms with Crippen LogP contribution in [0, 0.1) is 0 Å². The van der Waals surface area contributed by atoms with Crippen molar-refractivity contribution in [3.05, 3.63) is 11.6 Å². The van der Waals surface area contributed by atoms with Gasteiger partial charge in [-0.2, -0.15) is 13.2 Å². The molecule has 0 bridgehead atoms. The van der Waals surface area contributed by atoms with E-state index in [9.17, 15) is 22.8 Å². The smallest absolute Gasteiger partial charge is 0.392 e. The van der Waals surface area contributed by atoms with Gasteiger partial charge >= 0.3 is 12.1 Å². The average molecular weight is 313 g/mol. The molecule has 1 rings (SSSR count). The maximum absolute atomic E-state index is 12.1. The van der Waals surface area contributed by atoms with Crippen LogP contribution in [0.2, 0.25) is 0 Å². The molecule has 5 nitrogen and oxygen atoms in total. The Bertz CT molecular complexity index is 411. The van der Waals surface area contributed by atoms with Gasteiger partial charge in [0.15, 0.2) is 5.12 Å². The first-order valence-electron chi connectivity index (χ1n) is 5.75. The molecule has 0 amide bonds. The van der Waals surface area contributed by atoms with E-state index in [0.29, 0.717) is 12.0 Å². The minimum Gasteiger partial charge on any atom is -0.392 e. The zero-order chi connectivity index (χ0) is 15.3. The lowest BCUT2D eigenvalue weighted by atomic mass is 10.1. The molecule has 1 saturated heterocycles. The van der Waals surface area contributed by atoms with Crippen molar-refractivity contribution in [1.29, 1.82) is 0 Å². The molecule has 1 heterocycles. The molecule has 1 fully saturated rings. The van der Waals surface area contributed by atoms with Crippen molar-refractivity contribution in [3.63, 3.8) is 0 Å². The molecular weight excluding hydrogens is 299 g/mol. The van der Waals surface area contributed by atoms with Gasteiger partial charge < -0.3 is 9.94 Å². The Morgan fingerprint density at radius 3 is 2.70 bits per heavy atom. The summed E-state index contributed by atoms with van der Waals surface area (Å²) in [6, 6.07) is 0. The first kappa shape index (κ1) is 17.0. The van der Waals surface area contributed by atoms with Gasteiger partial charge in [-0.25, -0.2) is 4.79 Å². The van der Waals surface area contributed by atoms with Crippen LogP contribution in [0.4, 0.5) is 13.2 Å². The molecule has 0 radical (unpaired) electrons. The molecule has 0 aromatic heterocycles. The number of aliphatic hydroxyl groups excluding tert-OH is 1. The molecule has 0 aromatic rings. The van der Waals surface area contributed by atoms with Gasteiger partial charge in [0, 0.05) is 18.7 Å². The minimum atomic E-state index is -5.05. The van der Waals surface area contributed by atoms with Crippen LogP contribution < -0.4 is 0 Å². The van der Waals surface area contributed by atoms with Crippen LogP contribution in [-0.2, 0) is 14.4 Å². The van der Waals surface area contributed by atoms with Crippen LogP contribution in [0.5, 0.6) is 0 Å². The van der Waals surface area contributed by atoms with Crippen LogP contribution in [0.3, 0.4) is 0 Å². The number of alkyl halides is 3. The summed E-state index contributed by atoms with van der Waals surface area (Å²) in [5.74, 6) is -2.28. The number of aliphatic hydroxyl groups is 1. The van der Waals surface area contributed by atoms with E-state index in [-0.39, 0.29) is 30.1 Å². The van der Waals surface area contributed by atoms with Gasteiger partial charge in [-0.15, -0.1) is 5.06 Å². The van der Waals surface area contributed by atoms with E-state index in [4.69, 9.17) is 5.11 Å². The Morgan fingerprint density at radius 1 is 1.55 bits per heavy atom. The van der Waals surface area contributed by atoms with Gasteiger partial charge in [-0.05, 0) is 12.0 Å². The first-order valence-corrected chi connectivity index (χ1v) is 6.63. The van der Waals surface area contributed by atoms with E-state index in [1.807, 2.05) is 0 Å². The summed E-state index contributed by atoms with van der Waals surface area (Å²) >= 11 is 1.04. The Labute approximate surface area is 117 Å². The second-order valence-corrected chi connectivity index (χ2v) is 5.47. The van der Waals surface area contributed by atoms with Gasteiger partial charge in [0.1, 0.15) is 0 Å². The Kier molecular flexibility index (Phi) is 6.03. The SMILES string of the molecule is CC(=O)SC1CCN(OC(=O)C(F)(F)F)C/C1=C/CO. The molecule has 114 valence electrons. The fourth-order valence-corrected chi connectivity index (χ4v) is 2.67. The summed E-state index contributed by atoms with van der Waals surface area (Å²) in [5, 5.41) is 9.43. The average Bonchev–Trinajstić information content (AvgIpc) is 2.31. The molecule has 1 aliphatic heterocycles. The number of thioether (sulfide) groups is 1. The topological polar surface area (TPSA) is 66.8 Å². The normalized spacial score (nSPS) is 22.9. The zero-order valence-corrected chi connectivity index (χ0v) is 11.5. The van der Waals surface area contributed by atoms with Crippen LogP contribution in [0.15, 0.2) is 11.6 Å². The van der Waals surface area contributed by atoms with E-state index < -0.39 is 12.1 Å². The molecule has 1 N–H and O–H groups in total. The zero-order valence-electron chi connectivity index (χ0n) is 10.6. The Hall–Kier alpha value is -1.06.